The Labute approximate surface area is 133 Å². The fraction of sp³-hybridized carbons (Fsp3) is 0.529. The molecule has 1 aliphatic rings. The van der Waals surface area contributed by atoms with Crippen LogP contribution in [0.5, 0.6) is 0 Å². The summed E-state index contributed by atoms with van der Waals surface area (Å²) in [6.07, 6.45) is 0.654. The molecule has 1 saturated carbocycles. The predicted molar refractivity (Wildman–Crippen MR) is 84.5 cm³/mol. The zero-order valence-electron chi connectivity index (χ0n) is 13.3. The van der Waals surface area contributed by atoms with Gasteiger partial charge >= 0.3 is 0 Å². The molecule has 0 spiro atoms. The summed E-state index contributed by atoms with van der Waals surface area (Å²) in [7, 11) is 0. The summed E-state index contributed by atoms with van der Waals surface area (Å²) in [6, 6.07) is 4.98. The van der Waals surface area contributed by atoms with Crippen molar-refractivity contribution in [3.63, 3.8) is 0 Å². The second kappa shape index (κ2) is 6.26. The maximum Gasteiger partial charge on any atom is 0.295 e. The highest BCUT2D eigenvalue weighted by Gasteiger charge is 2.28. The van der Waals surface area contributed by atoms with Crippen molar-refractivity contribution in [3.8, 4) is 0 Å². The molecule has 124 valence electrons. The number of nitrogens with zero attached hydrogens (tertiary/aromatic N) is 1. The average molecular weight is 321 g/mol. The van der Waals surface area contributed by atoms with Gasteiger partial charge in [0.15, 0.2) is 5.82 Å². The molecule has 1 heterocycles. The van der Waals surface area contributed by atoms with E-state index in [2.05, 4.69) is 29.1 Å². The molecular formula is C17H21F2N3O. The zero-order valence-corrected chi connectivity index (χ0v) is 13.3. The van der Waals surface area contributed by atoms with Crippen molar-refractivity contribution >= 4 is 16.9 Å². The Morgan fingerprint density at radius 3 is 2.87 bits per heavy atom. The van der Waals surface area contributed by atoms with Gasteiger partial charge in [-0.25, -0.2) is 13.8 Å². The molecule has 6 heteroatoms. The van der Waals surface area contributed by atoms with Gasteiger partial charge in [-0.05, 0) is 36.5 Å². The molecule has 4 nitrogen and oxygen atoms in total. The fourth-order valence-corrected chi connectivity index (χ4v) is 3.31. The molecule has 23 heavy (non-hydrogen) atoms. The minimum absolute atomic E-state index is 0.161. The molecule has 3 rings (SSSR count). The molecule has 2 N–H and O–H groups in total. The van der Waals surface area contributed by atoms with E-state index in [9.17, 15) is 13.6 Å². The zero-order chi connectivity index (χ0) is 16.6. The van der Waals surface area contributed by atoms with E-state index >= 15 is 0 Å². The molecule has 0 saturated heterocycles. The van der Waals surface area contributed by atoms with Crippen molar-refractivity contribution in [2.45, 2.75) is 45.6 Å². The molecule has 1 aromatic heterocycles. The molecule has 0 aliphatic heterocycles. The second-order valence-electron chi connectivity index (χ2n) is 6.50. The molecule has 2 aromatic rings. The number of halogens is 2. The Morgan fingerprint density at radius 1 is 1.35 bits per heavy atom. The lowest BCUT2D eigenvalue weighted by atomic mass is 9.78. The highest BCUT2D eigenvalue weighted by Crippen LogP contribution is 2.29. The molecule has 3 atom stereocenters. The Kier molecular flexibility index (Phi) is 4.33. The molecule has 0 bridgehead atoms. The minimum atomic E-state index is -2.65. The third-order valence-corrected chi connectivity index (χ3v) is 4.99. The average Bonchev–Trinajstić information content (AvgIpc) is 2.95. The number of H-pyrrole nitrogens is 1. The van der Waals surface area contributed by atoms with E-state index in [0.717, 1.165) is 12.8 Å². The van der Waals surface area contributed by atoms with Gasteiger partial charge in [-0.2, -0.15) is 0 Å². The number of benzene rings is 1. The molecular weight excluding hydrogens is 300 g/mol. The summed E-state index contributed by atoms with van der Waals surface area (Å²) in [5.41, 5.74) is 1.36. The summed E-state index contributed by atoms with van der Waals surface area (Å²) < 4.78 is 25.4. The van der Waals surface area contributed by atoms with Gasteiger partial charge in [0.05, 0.1) is 11.0 Å². The van der Waals surface area contributed by atoms with Gasteiger partial charge in [-0.15, -0.1) is 0 Å². The van der Waals surface area contributed by atoms with Crippen LogP contribution in [0, 0.1) is 11.8 Å². The van der Waals surface area contributed by atoms with E-state index in [1.807, 2.05) is 0 Å². The number of aromatic amines is 1. The van der Waals surface area contributed by atoms with E-state index in [4.69, 9.17) is 0 Å². The first kappa shape index (κ1) is 15.9. The van der Waals surface area contributed by atoms with Crippen LogP contribution in [0.25, 0.3) is 11.0 Å². The third-order valence-electron chi connectivity index (χ3n) is 4.99. The number of imidazole rings is 1. The van der Waals surface area contributed by atoms with Crippen molar-refractivity contribution in [3.05, 3.63) is 29.6 Å². The summed E-state index contributed by atoms with van der Waals surface area (Å²) in [4.78, 5) is 18.8. The quantitative estimate of drug-likeness (QED) is 0.896. The summed E-state index contributed by atoms with van der Waals surface area (Å²) in [5.74, 6) is 0.505. The number of hydrogen-bond acceptors (Lipinski definition) is 2. The standard InChI is InChI=1S/C17H21F2N3O/c1-9-4-3-5-12(10(9)2)22-17(23)11-6-7-13-14(8-11)21-16(20-13)15(18)19/h6-10,12,15H,3-5H2,1-2H3,(H,20,21)(H,22,23). The van der Waals surface area contributed by atoms with Crippen molar-refractivity contribution in [1.82, 2.24) is 15.3 Å². The number of amides is 1. The Morgan fingerprint density at radius 2 is 2.13 bits per heavy atom. The van der Waals surface area contributed by atoms with Crippen LogP contribution in [-0.2, 0) is 0 Å². The van der Waals surface area contributed by atoms with Crippen LogP contribution in [0.2, 0.25) is 0 Å². The number of fused-ring (bicyclic) bond motifs is 1. The number of aromatic nitrogens is 2. The van der Waals surface area contributed by atoms with Crippen molar-refractivity contribution in [1.29, 1.82) is 0 Å². The first-order chi connectivity index (χ1) is 11.0. The maximum absolute atomic E-state index is 12.7. The van der Waals surface area contributed by atoms with Gasteiger partial charge in [0.25, 0.3) is 12.3 Å². The van der Waals surface area contributed by atoms with Crippen molar-refractivity contribution in [2.24, 2.45) is 11.8 Å². The number of nitrogens with one attached hydrogen (secondary N) is 2. The van der Waals surface area contributed by atoms with Crippen molar-refractivity contribution < 1.29 is 13.6 Å². The van der Waals surface area contributed by atoms with Gasteiger partial charge in [-0.3, -0.25) is 4.79 Å². The minimum Gasteiger partial charge on any atom is -0.349 e. The molecule has 1 aromatic carbocycles. The Balaban J connectivity index is 1.78. The topological polar surface area (TPSA) is 57.8 Å². The van der Waals surface area contributed by atoms with Crippen LogP contribution < -0.4 is 5.32 Å². The van der Waals surface area contributed by atoms with Crippen LogP contribution >= 0.6 is 0 Å². The number of alkyl halides is 2. The number of carbonyl (C=O) groups excluding carboxylic acids is 1. The van der Waals surface area contributed by atoms with E-state index in [-0.39, 0.29) is 17.8 Å². The monoisotopic (exact) mass is 321 g/mol. The normalized spacial score (nSPS) is 25.0. The second-order valence-corrected chi connectivity index (χ2v) is 6.50. The van der Waals surface area contributed by atoms with Crippen LogP contribution in [0.15, 0.2) is 18.2 Å². The lowest BCUT2D eigenvalue weighted by Crippen LogP contribution is -2.43. The Hall–Kier alpha value is -1.98. The molecule has 0 radical (unpaired) electrons. The molecule has 1 aliphatic carbocycles. The lowest BCUT2D eigenvalue weighted by Gasteiger charge is -2.34. The molecule has 3 unspecified atom stereocenters. The summed E-state index contributed by atoms with van der Waals surface area (Å²) >= 11 is 0. The fourth-order valence-electron chi connectivity index (χ4n) is 3.31. The number of carbonyl (C=O) groups is 1. The van der Waals surface area contributed by atoms with E-state index in [1.54, 1.807) is 18.2 Å². The first-order valence-corrected chi connectivity index (χ1v) is 8.04. The smallest absolute Gasteiger partial charge is 0.295 e. The van der Waals surface area contributed by atoms with Gasteiger partial charge in [-0.1, -0.05) is 26.7 Å². The van der Waals surface area contributed by atoms with E-state index in [0.29, 0.717) is 28.4 Å². The van der Waals surface area contributed by atoms with Gasteiger partial charge in [0.1, 0.15) is 0 Å². The summed E-state index contributed by atoms with van der Waals surface area (Å²) in [6.45, 7) is 4.38. The Bertz CT molecular complexity index is 713. The number of rotatable bonds is 3. The largest absolute Gasteiger partial charge is 0.349 e. The van der Waals surface area contributed by atoms with Crippen LogP contribution in [-0.4, -0.2) is 21.9 Å². The summed E-state index contributed by atoms with van der Waals surface area (Å²) in [5, 5.41) is 3.09. The first-order valence-electron chi connectivity index (χ1n) is 8.04. The highest BCUT2D eigenvalue weighted by atomic mass is 19.3. The predicted octanol–water partition coefficient (Wildman–Crippen LogP) is 4.06. The van der Waals surface area contributed by atoms with Crippen LogP contribution in [0.3, 0.4) is 0 Å². The van der Waals surface area contributed by atoms with Gasteiger partial charge < -0.3 is 10.3 Å². The highest BCUT2D eigenvalue weighted by molar-refractivity contribution is 5.97. The number of hydrogen-bond donors (Lipinski definition) is 2. The van der Waals surface area contributed by atoms with Gasteiger partial charge in [0, 0.05) is 11.6 Å². The lowest BCUT2D eigenvalue weighted by molar-refractivity contribution is 0.0891. The third kappa shape index (κ3) is 3.21. The molecule has 1 amide bonds. The van der Waals surface area contributed by atoms with Crippen LogP contribution in [0.1, 0.15) is 55.7 Å². The molecule has 1 fully saturated rings. The maximum atomic E-state index is 12.7. The van der Waals surface area contributed by atoms with Crippen LogP contribution in [0.4, 0.5) is 8.78 Å². The van der Waals surface area contributed by atoms with Crippen molar-refractivity contribution in [2.75, 3.05) is 0 Å². The SMILES string of the molecule is CC1CCCC(NC(=O)c2ccc3nc(C(F)F)[nH]c3c2)C1C. The van der Waals surface area contributed by atoms with Gasteiger partial charge in [0.2, 0.25) is 0 Å². The van der Waals surface area contributed by atoms with E-state index < -0.39 is 6.43 Å². The van der Waals surface area contributed by atoms with E-state index in [1.165, 1.54) is 6.42 Å².